The molecule has 1 atom stereocenters. The van der Waals surface area contributed by atoms with E-state index in [1.807, 2.05) is 0 Å². The molecule has 0 amide bonds. The molecule has 0 aliphatic heterocycles. The van der Waals surface area contributed by atoms with Crippen molar-refractivity contribution < 1.29 is 19.5 Å². The molecular formula is C7H11N3O4. The van der Waals surface area contributed by atoms with Crippen LogP contribution >= 0.6 is 0 Å². The minimum atomic E-state index is -1.27. The van der Waals surface area contributed by atoms with Gasteiger partial charge in [-0.1, -0.05) is 0 Å². The SMILES string of the molecule is CC(O)(CN)Cc1nc(C(=O)O)no1. The molecule has 1 aromatic rings. The molecule has 0 bridgehead atoms. The van der Waals surface area contributed by atoms with Crippen LogP contribution in [0, 0.1) is 0 Å². The lowest BCUT2D eigenvalue weighted by Gasteiger charge is -2.17. The molecule has 0 radical (unpaired) electrons. The summed E-state index contributed by atoms with van der Waals surface area (Å²) in [6, 6.07) is 0. The van der Waals surface area contributed by atoms with Gasteiger partial charge in [0, 0.05) is 6.54 Å². The third-order valence-corrected chi connectivity index (χ3v) is 1.63. The largest absolute Gasteiger partial charge is 0.475 e. The van der Waals surface area contributed by atoms with E-state index >= 15 is 0 Å². The molecule has 1 aromatic heterocycles. The summed E-state index contributed by atoms with van der Waals surface area (Å²) >= 11 is 0. The molecule has 0 aromatic carbocycles. The molecule has 1 heterocycles. The minimum absolute atomic E-state index is 0.0256. The Morgan fingerprint density at radius 3 is 2.79 bits per heavy atom. The number of nitrogens with zero attached hydrogens (tertiary/aromatic N) is 2. The van der Waals surface area contributed by atoms with Gasteiger partial charge in [0.05, 0.1) is 12.0 Å². The molecule has 14 heavy (non-hydrogen) atoms. The first-order valence-corrected chi connectivity index (χ1v) is 3.93. The fourth-order valence-corrected chi connectivity index (χ4v) is 0.811. The molecule has 7 heteroatoms. The fourth-order valence-electron chi connectivity index (χ4n) is 0.811. The number of nitrogens with two attached hydrogens (primary N) is 1. The highest BCUT2D eigenvalue weighted by atomic mass is 16.5. The normalized spacial score (nSPS) is 15.1. The molecule has 1 rings (SSSR count). The average Bonchev–Trinajstić information content (AvgIpc) is 2.52. The zero-order valence-corrected chi connectivity index (χ0v) is 7.60. The second kappa shape index (κ2) is 3.72. The molecule has 7 nitrogen and oxygen atoms in total. The van der Waals surface area contributed by atoms with Crippen molar-refractivity contribution in [2.24, 2.45) is 5.73 Å². The summed E-state index contributed by atoms with van der Waals surface area (Å²) in [7, 11) is 0. The highest BCUT2D eigenvalue weighted by Crippen LogP contribution is 2.09. The van der Waals surface area contributed by atoms with Crippen LogP contribution in [0.15, 0.2) is 4.52 Å². The summed E-state index contributed by atoms with van der Waals surface area (Å²) in [5.41, 5.74) is 4.10. The number of hydrogen-bond donors (Lipinski definition) is 3. The molecule has 1 unspecified atom stereocenters. The molecule has 0 saturated heterocycles. The third kappa shape index (κ3) is 2.51. The van der Waals surface area contributed by atoms with Gasteiger partial charge >= 0.3 is 5.97 Å². The van der Waals surface area contributed by atoms with Crippen molar-refractivity contribution in [2.45, 2.75) is 18.9 Å². The molecule has 0 saturated carbocycles. The molecule has 0 fully saturated rings. The number of rotatable bonds is 4. The number of carbonyl (C=O) groups is 1. The summed E-state index contributed by atoms with van der Waals surface area (Å²) in [4.78, 5) is 13.9. The Bertz CT molecular complexity index is 333. The van der Waals surface area contributed by atoms with Crippen molar-refractivity contribution in [1.82, 2.24) is 10.1 Å². The molecule has 0 aliphatic rings. The highest BCUT2D eigenvalue weighted by Gasteiger charge is 2.23. The molecule has 4 N–H and O–H groups in total. The van der Waals surface area contributed by atoms with E-state index in [0.29, 0.717) is 0 Å². The smallest absolute Gasteiger partial charge is 0.377 e. The first-order valence-electron chi connectivity index (χ1n) is 3.93. The number of carboxylic acid groups (broad SMARTS) is 1. The van der Waals surface area contributed by atoms with Gasteiger partial charge in [-0.3, -0.25) is 0 Å². The zero-order valence-electron chi connectivity index (χ0n) is 7.60. The van der Waals surface area contributed by atoms with E-state index in [1.54, 1.807) is 0 Å². The second-order valence-corrected chi connectivity index (χ2v) is 3.19. The Kier molecular flexibility index (Phi) is 2.82. The van der Waals surface area contributed by atoms with E-state index in [1.165, 1.54) is 6.92 Å². The van der Waals surface area contributed by atoms with Crippen molar-refractivity contribution in [3.8, 4) is 0 Å². The van der Waals surface area contributed by atoms with E-state index in [2.05, 4.69) is 14.7 Å². The zero-order chi connectivity index (χ0) is 10.8. The van der Waals surface area contributed by atoms with Gasteiger partial charge in [0.15, 0.2) is 0 Å². The van der Waals surface area contributed by atoms with Crippen molar-refractivity contribution >= 4 is 5.97 Å². The van der Waals surface area contributed by atoms with E-state index in [9.17, 15) is 9.90 Å². The quantitative estimate of drug-likeness (QED) is 0.572. The van der Waals surface area contributed by atoms with Crippen LogP contribution in [-0.2, 0) is 6.42 Å². The van der Waals surface area contributed by atoms with E-state index < -0.39 is 17.4 Å². The Morgan fingerprint density at radius 2 is 2.36 bits per heavy atom. The van der Waals surface area contributed by atoms with Crippen molar-refractivity contribution in [1.29, 1.82) is 0 Å². The van der Waals surface area contributed by atoms with Gasteiger partial charge in [0.25, 0.3) is 5.82 Å². The van der Waals surface area contributed by atoms with Crippen LogP contribution in [-0.4, -0.2) is 38.5 Å². The van der Waals surface area contributed by atoms with Gasteiger partial charge in [0.1, 0.15) is 0 Å². The average molecular weight is 201 g/mol. The lowest BCUT2D eigenvalue weighted by Crippen LogP contribution is -2.36. The third-order valence-electron chi connectivity index (χ3n) is 1.63. The van der Waals surface area contributed by atoms with Crippen LogP contribution in [0.1, 0.15) is 23.4 Å². The van der Waals surface area contributed by atoms with Crippen LogP contribution in [0.5, 0.6) is 0 Å². The predicted molar refractivity (Wildman–Crippen MR) is 44.6 cm³/mol. The van der Waals surface area contributed by atoms with Gasteiger partial charge in [-0.2, -0.15) is 4.98 Å². The van der Waals surface area contributed by atoms with Crippen LogP contribution in [0.2, 0.25) is 0 Å². The second-order valence-electron chi connectivity index (χ2n) is 3.19. The Balaban J connectivity index is 2.73. The summed E-state index contributed by atoms with van der Waals surface area (Å²) in [6.07, 6.45) is 0.0315. The maximum atomic E-state index is 10.4. The first kappa shape index (κ1) is 10.6. The number of aliphatic hydroxyl groups is 1. The lowest BCUT2D eigenvalue weighted by molar-refractivity contribution is 0.0610. The van der Waals surface area contributed by atoms with Gasteiger partial charge < -0.3 is 20.5 Å². The fraction of sp³-hybridized carbons (Fsp3) is 0.571. The summed E-state index contributed by atoms with van der Waals surface area (Å²) in [6.45, 7) is 1.52. The number of aromatic carboxylic acids is 1. The Morgan fingerprint density at radius 1 is 1.71 bits per heavy atom. The van der Waals surface area contributed by atoms with Crippen LogP contribution in [0.3, 0.4) is 0 Å². The molecule has 78 valence electrons. The number of carboxylic acids is 1. The van der Waals surface area contributed by atoms with Crippen LogP contribution in [0.25, 0.3) is 0 Å². The van der Waals surface area contributed by atoms with Gasteiger partial charge in [0.2, 0.25) is 5.89 Å². The standard InChI is InChI=1S/C7H11N3O4/c1-7(13,3-8)2-4-9-5(6(11)12)10-14-4/h13H,2-3,8H2,1H3,(H,11,12). The van der Waals surface area contributed by atoms with Crippen LogP contribution in [0.4, 0.5) is 0 Å². The Hall–Kier alpha value is -1.47. The summed E-state index contributed by atoms with van der Waals surface area (Å²) in [5, 5.41) is 21.2. The molecular weight excluding hydrogens is 190 g/mol. The summed E-state index contributed by atoms with van der Waals surface area (Å²) < 4.78 is 4.61. The maximum absolute atomic E-state index is 10.4. The number of hydrogen-bond acceptors (Lipinski definition) is 6. The van der Waals surface area contributed by atoms with Crippen LogP contribution < -0.4 is 5.73 Å². The van der Waals surface area contributed by atoms with Gasteiger partial charge in [-0.15, -0.1) is 0 Å². The summed E-state index contributed by atoms with van der Waals surface area (Å²) in [5.74, 6) is -1.64. The minimum Gasteiger partial charge on any atom is -0.475 e. The van der Waals surface area contributed by atoms with Gasteiger partial charge in [-0.05, 0) is 12.1 Å². The van der Waals surface area contributed by atoms with E-state index in [4.69, 9.17) is 10.8 Å². The van der Waals surface area contributed by atoms with Crippen molar-refractivity contribution in [3.63, 3.8) is 0 Å². The van der Waals surface area contributed by atoms with E-state index in [0.717, 1.165) is 0 Å². The predicted octanol–water partition coefficient (Wildman–Crippen LogP) is -0.980. The maximum Gasteiger partial charge on any atom is 0.377 e. The van der Waals surface area contributed by atoms with E-state index in [-0.39, 0.29) is 18.9 Å². The Labute approximate surface area is 79.5 Å². The molecule has 0 spiro atoms. The lowest BCUT2D eigenvalue weighted by atomic mass is 10.0. The number of aromatic nitrogens is 2. The molecule has 0 aliphatic carbocycles. The van der Waals surface area contributed by atoms with Gasteiger partial charge in [-0.25, -0.2) is 4.79 Å². The van der Waals surface area contributed by atoms with Crippen molar-refractivity contribution in [3.05, 3.63) is 11.7 Å². The first-order chi connectivity index (χ1) is 6.44. The highest BCUT2D eigenvalue weighted by molar-refractivity contribution is 5.82. The van der Waals surface area contributed by atoms with Crippen molar-refractivity contribution in [2.75, 3.05) is 6.54 Å². The topological polar surface area (TPSA) is 122 Å². The monoisotopic (exact) mass is 201 g/mol.